The summed E-state index contributed by atoms with van der Waals surface area (Å²) in [5.74, 6) is 1.86. The SMILES string of the molecule is CCCOC1C=CCC2CC21. The summed E-state index contributed by atoms with van der Waals surface area (Å²) < 4.78 is 5.70. The molecule has 1 saturated carbocycles. The van der Waals surface area contributed by atoms with Crippen LogP contribution in [-0.2, 0) is 4.74 Å². The number of fused-ring (bicyclic) bond motifs is 1. The molecular formula is C10H16O. The van der Waals surface area contributed by atoms with Gasteiger partial charge >= 0.3 is 0 Å². The Labute approximate surface area is 68.4 Å². The van der Waals surface area contributed by atoms with Gasteiger partial charge in [0, 0.05) is 6.61 Å². The van der Waals surface area contributed by atoms with Crippen LogP contribution in [0.1, 0.15) is 26.2 Å². The fraction of sp³-hybridized carbons (Fsp3) is 0.800. The molecule has 62 valence electrons. The summed E-state index contributed by atoms with van der Waals surface area (Å²) in [6.07, 6.45) is 8.85. The molecule has 11 heavy (non-hydrogen) atoms. The minimum absolute atomic E-state index is 0.466. The maximum atomic E-state index is 5.70. The Hall–Kier alpha value is -0.300. The van der Waals surface area contributed by atoms with Crippen LogP contribution < -0.4 is 0 Å². The van der Waals surface area contributed by atoms with Crippen LogP contribution in [0.25, 0.3) is 0 Å². The van der Waals surface area contributed by atoms with E-state index in [1.807, 2.05) is 0 Å². The smallest absolute Gasteiger partial charge is 0.0786 e. The van der Waals surface area contributed by atoms with Gasteiger partial charge < -0.3 is 4.74 Å². The van der Waals surface area contributed by atoms with Gasteiger partial charge in [0.1, 0.15) is 0 Å². The molecule has 0 bridgehead atoms. The van der Waals surface area contributed by atoms with Crippen molar-refractivity contribution in [2.75, 3.05) is 6.61 Å². The lowest BCUT2D eigenvalue weighted by Crippen LogP contribution is -2.16. The van der Waals surface area contributed by atoms with Gasteiger partial charge in [0.2, 0.25) is 0 Å². The van der Waals surface area contributed by atoms with Crippen LogP contribution in [0, 0.1) is 11.8 Å². The summed E-state index contributed by atoms with van der Waals surface area (Å²) >= 11 is 0. The third-order valence-electron chi connectivity index (χ3n) is 2.68. The molecule has 1 heteroatoms. The summed E-state index contributed by atoms with van der Waals surface area (Å²) in [5.41, 5.74) is 0. The fourth-order valence-corrected chi connectivity index (χ4v) is 1.91. The van der Waals surface area contributed by atoms with Gasteiger partial charge in [-0.15, -0.1) is 0 Å². The quantitative estimate of drug-likeness (QED) is 0.564. The van der Waals surface area contributed by atoms with Crippen molar-refractivity contribution in [1.29, 1.82) is 0 Å². The summed E-state index contributed by atoms with van der Waals surface area (Å²) in [6, 6.07) is 0. The van der Waals surface area contributed by atoms with Crippen molar-refractivity contribution in [2.24, 2.45) is 11.8 Å². The van der Waals surface area contributed by atoms with Crippen molar-refractivity contribution < 1.29 is 4.74 Å². The van der Waals surface area contributed by atoms with Crippen molar-refractivity contribution in [1.82, 2.24) is 0 Å². The number of rotatable bonds is 3. The second-order valence-corrected chi connectivity index (χ2v) is 3.66. The zero-order valence-corrected chi connectivity index (χ0v) is 7.12. The highest BCUT2D eigenvalue weighted by atomic mass is 16.5. The van der Waals surface area contributed by atoms with Crippen molar-refractivity contribution >= 4 is 0 Å². The fourth-order valence-electron chi connectivity index (χ4n) is 1.91. The highest BCUT2D eigenvalue weighted by Crippen LogP contribution is 2.47. The Balaban J connectivity index is 1.82. The van der Waals surface area contributed by atoms with Crippen LogP contribution in [0.2, 0.25) is 0 Å². The Morgan fingerprint density at radius 2 is 2.45 bits per heavy atom. The average Bonchev–Trinajstić information content (AvgIpc) is 2.79. The normalized spacial score (nSPS) is 40.3. The van der Waals surface area contributed by atoms with E-state index in [-0.39, 0.29) is 0 Å². The first-order chi connectivity index (χ1) is 5.42. The van der Waals surface area contributed by atoms with E-state index in [0.29, 0.717) is 6.10 Å². The molecule has 0 heterocycles. The van der Waals surface area contributed by atoms with Crippen LogP contribution in [0.15, 0.2) is 12.2 Å². The number of allylic oxidation sites excluding steroid dienone is 1. The largest absolute Gasteiger partial charge is 0.374 e. The van der Waals surface area contributed by atoms with Crippen molar-refractivity contribution in [3.8, 4) is 0 Å². The molecule has 0 aliphatic heterocycles. The van der Waals surface area contributed by atoms with Gasteiger partial charge in [-0.2, -0.15) is 0 Å². The third kappa shape index (κ3) is 1.48. The molecule has 3 unspecified atom stereocenters. The second kappa shape index (κ2) is 2.98. The summed E-state index contributed by atoms with van der Waals surface area (Å²) in [4.78, 5) is 0. The van der Waals surface area contributed by atoms with Crippen molar-refractivity contribution in [3.63, 3.8) is 0 Å². The van der Waals surface area contributed by atoms with E-state index >= 15 is 0 Å². The van der Waals surface area contributed by atoms with Crippen LogP contribution in [0.5, 0.6) is 0 Å². The van der Waals surface area contributed by atoms with E-state index < -0.39 is 0 Å². The predicted molar refractivity (Wildman–Crippen MR) is 45.4 cm³/mol. The first-order valence-electron chi connectivity index (χ1n) is 4.70. The van der Waals surface area contributed by atoms with Gasteiger partial charge in [-0.25, -0.2) is 0 Å². The van der Waals surface area contributed by atoms with Crippen LogP contribution >= 0.6 is 0 Å². The van der Waals surface area contributed by atoms with Gasteiger partial charge in [0.15, 0.2) is 0 Å². The van der Waals surface area contributed by atoms with Gasteiger partial charge in [0.05, 0.1) is 6.10 Å². The molecule has 2 aliphatic carbocycles. The van der Waals surface area contributed by atoms with Crippen LogP contribution in [-0.4, -0.2) is 12.7 Å². The number of hydrogen-bond donors (Lipinski definition) is 0. The lowest BCUT2D eigenvalue weighted by molar-refractivity contribution is 0.0650. The highest BCUT2D eigenvalue weighted by molar-refractivity contribution is 5.09. The Morgan fingerprint density at radius 3 is 3.27 bits per heavy atom. The van der Waals surface area contributed by atoms with Crippen molar-refractivity contribution in [3.05, 3.63) is 12.2 Å². The number of ether oxygens (including phenoxy) is 1. The van der Waals surface area contributed by atoms with E-state index in [1.165, 1.54) is 12.8 Å². The monoisotopic (exact) mass is 152 g/mol. The lowest BCUT2D eigenvalue weighted by atomic mass is 10.1. The summed E-state index contributed by atoms with van der Waals surface area (Å²) in [5, 5.41) is 0. The van der Waals surface area contributed by atoms with Gasteiger partial charge in [-0.1, -0.05) is 19.1 Å². The second-order valence-electron chi connectivity index (χ2n) is 3.66. The lowest BCUT2D eigenvalue weighted by Gasteiger charge is -2.16. The Kier molecular flexibility index (Phi) is 1.99. The molecule has 0 amide bonds. The highest BCUT2D eigenvalue weighted by Gasteiger charge is 2.43. The molecule has 2 aliphatic rings. The van der Waals surface area contributed by atoms with Crippen LogP contribution in [0.4, 0.5) is 0 Å². The van der Waals surface area contributed by atoms with Crippen LogP contribution in [0.3, 0.4) is 0 Å². The maximum Gasteiger partial charge on any atom is 0.0786 e. The maximum absolute atomic E-state index is 5.70. The van der Waals surface area contributed by atoms with Gasteiger partial charge in [0.25, 0.3) is 0 Å². The Morgan fingerprint density at radius 1 is 1.55 bits per heavy atom. The molecular weight excluding hydrogens is 136 g/mol. The molecule has 0 saturated heterocycles. The van der Waals surface area contributed by atoms with Gasteiger partial charge in [-0.3, -0.25) is 0 Å². The van der Waals surface area contributed by atoms with E-state index in [4.69, 9.17) is 4.74 Å². The molecule has 3 atom stereocenters. The minimum atomic E-state index is 0.466. The average molecular weight is 152 g/mol. The van der Waals surface area contributed by atoms with Gasteiger partial charge in [-0.05, 0) is 31.1 Å². The molecule has 0 aromatic rings. The molecule has 1 nitrogen and oxygen atoms in total. The van der Waals surface area contributed by atoms with E-state index in [2.05, 4.69) is 19.1 Å². The molecule has 1 fully saturated rings. The molecule has 0 spiro atoms. The molecule has 0 N–H and O–H groups in total. The van der Waals surface area contributed by atoms with E-state index in [0.717, 1.165) is 24.9 Å². The minimum Gasteiger partial charge on any atom is -0.374 e. The van der Waals surface area contributed by atoms with E-state index in [9.17, 15) is 0 Å². The molecule has 0 aromatic carbocycles. The first-order valence-corrected chi connectivity index (χ1v) is 4.70. The standard InChI is InChI=1S/C10H16O/c1-2-6-11-10-5-3-4-8-7-9(8)10/h3,5,8-10H,2,4,6-7H2,1H3. The summed E-state index contributed by atoms with van der Waals surface area (Å²) in [7, 11) is 0. The van der Waals surface area contributed by atoms with Crippen molar-refractivity contribution in [2.45, 2.75) is 32.3 Å². The first kappa shape index (κ1) is 7.35. The molecule has 0 radical (unpaired) electrons. The zero-order chi connectivity index (χ0) is 7.68. The molecule has 0 aromatic heterocycles. The topological polar surface area (TPSA) is 9.23 Å². The van der Waals surface area contributed by atoms with E-state index in [1.54, 1.807) is 0 Å². The third-order valence-corrected chi connectivity index (χ3v) is 2.68. The Bertz CT molecular complexity index is 162. The predicted octanol–water partition coefficient (Wildman–Crippen LogP) is 2.38. The number of hydrogen-bond acceptors (Lipinski definition) is 1. The molecule has 2 rings (SSSR count). The summed E-state index contributed by atoms with van der Waals surface area (Å²) in [6.45, 7) is 3.09. The zero-order valence-electron chi connectivity index (χ0n) is 7.12.